The Bertz CT molecular complexity index is 544. The number of nitrogens with zero attached hydrogens (tertiary/aromatic N) is 1. The molecular formula is C12H15N3O5. The van der Waals surface area contributed by atoms with Crippen molar-refractivity contribution in [1.82, 2.24) is 5.32 Å². The lowest BCUT2D eigenvalue weighted by atomic mass is 10.1. The Labute approximate surface area is 114 Å². The maximum atomic E-state index is 11.9. The van der Waals surface area contributed by atoms with Crippen LogP contribution in [0, 0.1) is 16.0 Å². The number of nitrogens with two attached hydrogens (primary N) is 1. The number of carboxylic acid groups (broad SMARTS) is 1. The van der Waals surface area contributed by atoms with Gasteiger partial charge < -0.3 is 16.2 Å². The van der Waals surface area contributed by atoms with Crippen molar-refractivity contribution in [2.24, 2.45) is 5.92 Å². The maximum Gasteiger partial charge on any atom is 0.303 e. The number of rotatable bonds is 6. The van der Waals surface area contributed by atoms with Gasteiger partial charge in [0.25, 0.3) is 11.6 Å². The summed E-state index contributed by atoms with van der Waals surface area (Å²) in [7, 11) is 0. The molecule has 8 heteroatoms. The zero-order valence-electron chi connectivity index (χ0n) is 10.8. The highest BCUT2D eigenvalue weighted by atomic mass is 16.6. The average Bonchev–Trinajstić information content (AvgIpc) is 2.35. The molecule has 1 atom stereocenters. The minimum atomic E-state index is -0.957. The molecule has 0 fully saturated rings. The van der Waals surface area contributed by atoms with Gasteiger partial charge in [-0.3, -0.25) is 19.7 Å². The number of carbonyl (C=O) groups is 2. The largest absolute Gasteiger partial charge is 0.481 e. The third-order valence-corrected chi connectivity index (χ3v) is 2.66. The highest BCUT2D eigenvalue weighted by Gasteiger charge is 2.19. The number of hydrogen-bond acceptors (Lipinski definition) is 5. The van der Waals surface area contributed by atoms with E-state index < -0.39 is 16.8 Å². The minimum Gasteiger partial charge on any atom is -0.481 e. The van der Waals surface area contributed by atoms with Crippen molar-refractivity contribution in [2.75, 3.05) is 12.3 Å². The van der Waals surface area contributed by atoms with E-state index in [2.05, 4.69) is 5.32 Å². The van der Waals surface area contributed by atoms with Crippen molar-refractivity contribution in [1.29, 1.82) is 0 Å². The number of anilines is 1. The van der Waals surface area contributed by atoms with Gasteiger partial charge in [-0.05, 0) is 12.0 Å². The molecule has 0 saturated carbocycles. The summed E-state index contributed by atoms with van der Waals surface area (Å²) in [5.41, 5.74) is 5.03. The van der Waals surface area contributed by atoms with Crippen LogP contribution in [0.1, 0.15) is 23.7 Å². The molecular weight excluding hydrogens is 266 g/mol. The van der Waals surface area contributed by atoms with Crippen LogP contribution < -0.4 is 11.1 Å². The molecule has 0 heterocycles. The van der Waals surface area contributed by atoms with E-state index in [1.54, 1.807) is 6.92 Å². The molecule has 108 valence electrons. The second-order valence-electron chi connectivity index (χ2n) is 4.41. The number of benzene rings is 1. The minimum absolute atomic E-state index is 0.00160. The van der Waals surface area contributed by atoms with Gasteiger partial charge in [-0.2, -0.15) is 0 Å². The summed E-state index contributed by atoms with van der Waals surface area (Å²) in [6.07, 6.45) is -0.0787. The van der Waals surface area contributed by atoms with E-state index in [1.807, 2.05) is 0 Å². The zero-order valence-corrected chi connectivity index (χ0v) is 10.8. The summed E-state index contributed by atoms with van der Waals surface area (Å²) in [6.45, 7) is 1.82. The van der Waals surface area contributed by atoms with E-state index >= 15 is 0 Å². The lowest BCUT2D eigenvalue weighted by Crippen LogP contribution is -2.29. The number of nitrogen functional groups attached to an aromatic ring is 1. The van der Waals surface area contributed by atoms with Gasteiger partial charge in [-0.1, -0.05) is 13.0 Å². The van der Waals surface area contributed by atoms with Crippen molar-refractivity contribution in [3.8, 4) is 0 Å². The Hall–Kier alpha value is -2.64. The number of para-hydroxylation sites is 1. The van der Waals surface area contributed by atoms with Gasteiger partial charge in [0, 0.05) is 19.0 Å². The molecule has 0 aliphatic carbocycles. The fourth-order valence-corrected chi connectivity index (χ4v) is 1.64. The van der Waals surface area contributed by atoms with Gasteiger partial charge in [0.05, 0.1) is 10.5 Å². The van der Waals surface area contributed by atoms with Crippen molar-refractivity contribution >= 4 is 23.3 Å². The van der Waals surface area contributed by atoms with Crippen LogP contribution in [0.4, 0.5) is 11.4 Å². The molecule has 20 heavy (non-hydrogen) atoms. The fourth-order valence-electron chi connectivity index (χ4n) is 1.64. The van der Waals surface area contributed by atoms with Crippen molar-refractivity contribution in [3.05, 3.63) is 33.9 Å². The van der Waals surface area contributed by atoms with Crippen molar-refractivity contribution in [3.63, 3.8) is 0 Å². The lowest BCUT2D eigenvalue weighted by Gasteiger charge is -2.11. The second kappa shape index (κ2) is 6.50. The van der Waals surface area contributed by atoms with Crippen LogP contribution in [0.2, 0.25) is 0 Å². The van der Waals surface area contributed by atoms with Crippen molar-refractivity contribution in [2.45, 2.75) is 13.3 Å². The average molecular weight is 281 g/mol. The molecule has 1 amide bonds. The first-order chi connectivity index (χ1) is 9.32. The molecule has 0 radical (unpaired) electrons. The van der Waals surface area contributed by atoms with Crippen LogP contribution in [0.15, 0.2) is 18.2 Å². The predicted octanol–water partition coefficient (Wildman–Crippen LogP) is 1.02. The van der Waals surface area contributed by atoms with Crippen molar-refractivity contribution < 1.29 is 19.6 Å². The molecule has 8 nitrogen and oxygen atoms in total. The molecule has 1 aromatic carbocycles. The first-order valence-corrected chi connectivity index (χ1v) is 5.85. The molecule has 1 unspecified atom stereocenters. The molecule has 0 aromatic heterocycles. The summed E-state index contributed by atoms with van der Waals surface area (Å²) < 4.78 is 0. The predicted molar refractivity (Wildman–Crippen MR) is 71.3 cm³/mol. The standard InChI is InChI=1S/C12H15N3O5/c1-7(5-10(16)17)6-14-12(18)8-3-2-4-9(11(8)13)15(19)20/h2-4,7H,5-6,13H2,1H3,(H,14,18)(H,16,17). The van der Waals surface area contributed by atoms with Crippen LogP contribution in [-0.4, -0.2) is 28.5 Å². The van der Waals surface area contributed by atoms with E-state index in [0.29, 0.717) is 0 Å². The number of carbonyl (C=O) groups excluding carboxylic acids is 1. The number of carboxylic acids is 1. The first-order valence-electron chi connectivity index (χ1n) is 5.85. The summed E-state index contributed by atoms with van der Waals surface area (Å²) in [5, 5.41) is 21.8. The topological polar surface area (TPSA) is 136 Å². The van der Waals surface area contributed by atoms with Gasteiger partial charge in [0.15, 0.2) is 0 Å². The van der Waals surface area contributed by atoms with E-state index in [9.17, 15) is 19.7 Å². The number of aliphatic carboxylic acids is 1. The van der Waals surface area contributed by atoms with Crippen LogP contribution >= 0.6 is 0 Å². The molecule has 1 rings (SSSR count). The molecule has 0 aliphatic rings. The van der Waals surface area contributed by atoms with Gasteiger partial charge in [0.1, 0.15) is 5.69 Å². The fraction of sp³-hybridized carbons (Fsp3) is 0.333. The Balaban J connectivity index is 2.76. The molecule has 1 aromatic rings. The number of nitro groups is 1. The van der Waals surface area contributed by atoms with Crippen LogP contribution in [0.25, 0.3) is 0 Å². The summed E-state index contributed by atoms with van der Waals surface area (Å²) in [4.78, 5) is 32.4. The van der Waals surface area contributed by atoms with Crippen LogP contribution in [-0.2, 0) is 4.79 Å². The maximum absolute atomic E-state index is 11.9. The molecule has 0 aliphatic heterocycles. The Kier molecular flexibility index (Phi) is 5.01. The second-order valence-corrected chi connectivity index (χ2v) is 4.41. The lowest BCUT2D eigenvalue weighted by molar-refractivity contribution is -0.383. The van der Waals surface area contributed by atoms with Crippen LogP contribution in [0.5, 0.6) is 0 Å². The van der Waals surface area contributed by atoms with Crippen LogP contribution in [0.3, 0.4) is 0 Å². The highest BCUT2D eigenvalue weighted by molar-refractivity contribution is 6.00. The third-order valence-electron chi connectivity index (χ3n) is 2.66. The number of hydrogen-bond donors (Lipinski definition) is 3. The smallest absolute Gasteiger partial charge is 0.303 e. The number of amides is 1. The van der Waals surface area contributed by atoms with E-state index in [1.165, 1.54) is 18.2 Å². The number of nitrogens with one attached hydrogen (secondary N) is 1. The van der Waals surface area contributed by atoms with Gasteiger partial charge in [-0.15, -0.1) is 0 Å². The van der Waals surface area contributed by atoms with E-state index in [4.69, 9.17) is 10.8 Å². The van der Waals surface area contributed by atoms with E-state index in [-0.39, 0.29) is 35.8 Å². The van der Waals surface area contributed by atoms with Gasteiger partial charge in [0.2, 0.25) is 0 Å². The third kappa shape index (κ3) is 3.94. The van der Waals surface area contributed by atoms with Gasteiger partial charge in [-0.25, -0.2) is 0 Å². The molecule has 0 spiro atoms. The summed E-state index contributed by atoms with van der Waals surface area (Å²) in [5.74, 6) is -1.78. The van der Waals surface area contributed by atoms with E-state index in [0.717, 1.165) is 0 Å². The SMILES string of the molecule is CC(CNC(=O)c1cccc([N+](=O)[O-])c1N)CC(=O)O. The quantitative estimate of drug-likeness (QED) is 0.404. The Morgan fingerprint density at radius 1 is 1.50 bits per heavy atom. The summed E-state index contributed by atoms with van der Waals surface area (Å²) >= 11 is 0. The summed E-state index contributed by atoms with van der Waals surface area (Å²) in [6, 6.07) is 3.95. The first kappa shape index (κ1) is 15.4. The Morgan fingerprint density at radius 3 is 2.70 bits per heavy atom. The highest BCUT2D eigenvalue weighted by Crippen LogP contribution is 2.24. The molecule has 0 saturated heterocycles. The normalized spacial score (nSPS) is 11.7. The molecule has 4 N–H and O–H groups in total. The monoisotopic (exact) mass is 281 g/mol. The number of nitro benzene ring substituents is 1. The zero-order chi connectivity index (χ0) is 15.3. The van der Waals surface area contributed by atoms with Gasteiger partial charge >= 0.3 is 5.97 Å². The Morgan fingerprint density at radius 2 is 2.15 bits per heavy atom. The molecule has 0 bridgehead atoms.